The van der Waals surface area contributed by atoms with Gasteiger partial charge in [0.25, 0.3) is 0 Å². The molecule has 1 unspecified atom stereocenters. The topological polar surface area (TPSA) is 70.0 Å². The van der Waals surface area contributed by atoms with E-state index >= 15 is 0 Å². The van der Waals surface area contributed by atoms with E-state index in [1.807, 2.05) is 6.07 Å². The third-order valence-corrected chi connectivity index (χ3v) is 5.32. The molecule has 4 nitrogen and oxygen atoms in total. The Morgan fingerprint density at radius 3 is 2.61 bits per heavy atom. The minimum Gasteiger partial charge on any atom is -0.207 e. The van der Waals surface area contributed by atoms with Crippen molar-refractivity contribution in [3.05, 3.63) is 27.7 Å². The zero-order chi connectivity index (χ0) is 14.0. The third-order valence-electron chi connectivity index (χ3n) is 2.51. The predicted octanol–water partition coefficient (Wildman–Crippen LogP) is 3.07. The van der Waals surface area contributed by atoms with Crippen molar-refractivity contribution in [2.45, 2.75) is 30.7 Å². The van der Waals surface area contributed by atoms with Gasteiger partial charge in [0.1, 0.15) is 5.54 Å². The van der Waals surface area contributed by atoms with Gasteiger partial charge in [-0.1, -0.05) is 18.5 Å². The van der Waals surface area contributed by atoms with Gasteiger partial charge in [-0.25, -0.2) is 8.42 Å². The average Bonchev–Trinajstić information content (AvgIpc) is 2.32. The minimum absolute atomic E-state index is 0.0636. The van der Waals surface area contributed by atoms with Crippen molar-refractivity contribution in [2.75, 3.05) is 0 Å². The van der Waals surface area contributed by atoms with E-state index in [9.17, 15) is 8.42 Å². The molecular formula is C11H12BrClN2O2S. The Balaban J connectivity index is 3.15. The number of hydrogen-bond donors (Lipinski definition) is 1. The molecule has 0 spiro atoms. The maximum atomic E-state index is 12.1. The summed E-state index contributed by atoms with van der Waals surface area (Å²) >= 11 is 8.97. The van der Waals surface area contributed by atoms with Crippen LogP contribution in [0.15, 0.2) is 27.6 Å². The molecule has 1 aromatic carbocycles. The summed E-state index contributed by atoms with van der Waals surface area (Å²) in [5.74, 6) is 0. The summed E-state index contributed by atoms with van der Waals surface area (Å²) in [4.78, 5) is 0.0636. The summed E-state index contributed by atoms with van der Waals surface area (Å²) < 4.78 is 27.1. The van der Waals surface area contributed by atoms with E-state index in [1.54, 1.807) is 6.92 Å². The van der Waals surface area contributed by atoms with E-state index in [2.05, 4.69) is 20.7 Å². The van der Waals surface area contributed by atoms with Crippen LogP contribution >= 0.6 is 27.5 Å². The van der Waals surface area contributed by atoms with Gasteiger partial charge in [0.15, 0.2) is 0 Å². The molecule has 0 aliphatic rings. The predicted molar refractivity (Wildman–Crippen MR) is 73.8 cm³/mol. The molecule has 0 saturated carbocycles. The van der Waals surface area contributed by atoms with E-state index in [-0.39, 0.29) is 4.90 Å². The Morgan fingerprint density at radius 2 is 2.17 bits per heavy atom. The first-order valence-electron chi connectivity index (χ1n) is 5.14. The maximum Gasteiger partial charge on any atom is 0.241 e. The normalized spacial score (nSPS) is 14.8. The molecule has 1 rings (SSSR count). The van der Waals surface area contributed by atoms with Crippen LogP contribution in [0.2, 0.25) is 5.02 Å². The van der Waals surface area contributed by atoms with Crippen LogP contribution in [0.5, 0.6) is 0 Å². The fraction of sp³-hybridized carbons (Fsp3) is 0.364. The van der Waals surface area contributed by atoms with Crippen LogP contribution in [-0.2, 0) is 10.0 Å². The summed E-state index contributed by atoms with van der Waals surface area (Å²) in [6.45, 7) is 3.28. The summed E-state index contributed by atoms with van der Waals surface area (Å²) in [7, 11) is -3.74. The van der Waals surface area contributed by atoms with Gasteiger partial charge in [-0.3, -0.25) is 0 Å². The lowest BCUT2D eigenvalue weighted by Crippen LogP contribution is -2.44. The third kappa shape index (κ3) is 3.45. The Labute approximate surface area is 120 Å². The summed E-state index contributed by atoms with van der Waals surface area (Å²) in [6.07, 6.45) is 0.373. The Kier molecular flexibility index (Phi) is 4.78. The molecule has 0 aliphatic carbocycles. The lowest BCUT2D eigenvalue weighted by Gasteiger charge is -2.21. The molecular weight excluding hydrogens is 340 g/mol. The number of benzene rings is 1. The molecule has 0 aliphatic heterocycles. The largest absolute Gasteiger partial charge is 0.241 e. The summed E-state index contributed by atoms with van der Waals surface area (Å²) in [6, 6.07) is 6.23. The number of rotatable bonds is 4. The smallest absolute Gasteiger partial charge is 0.207 e. The molecule has 0 fully saturated rings. The van der Waals surface area contributed by atoms with E-state index < -0.39 is 15.6 Å². The van der Waals surface area contributed by atoms with Crippen molar-refractivity contribution in [1.29, 1.82) is 5.26 Å². The van der Waals surface area contributed by atoms with Gasteiger partial charge in [0.2, 0.25) is 10.0 Å². The quantitative estimate of drug-likeness (QED) is 0.906. The highest BCUT2D eigenvalue weighted by atomic mass is 79.9. The van der Waals surface area contributed by atoms with Crippen LogP contribution in [0.1, 0.15) is 20.3 Å². The molecule has 1 aromatic rings. The number of halogens is 2. The van der Waals surface area contributed by atoms with Crippen LogP contribution < -0.4 is 4.72 Å². The van der Waals surface area contributed by atoms with Crippen LogP contribution in [0.4, 0.5) is 0 Å². The summed E-state index contributed by atoms with van der Waals surface area (Å²) in [5.41, 5.74) is -1.12. The minimum atomic E-state index is -3.74. The Bertz CT molecular complexity index is 598. The van der Waals surface area contributed by atoms with Gasteiger partial charge < -0.3 is 0 Å². The van der Waals surface area contributed by atoms with Gasteiger partial charge in [-0.05, 0) is 47.5 Å². The first kappa shape index (κ1) is 15.4. The molecule has 0 heterocycles. The van der Waals surface area contributed by atoms with E-state index in [4.69, 9.17) is 16.9 Å². The molecule has 7 heteroatoms. The second-order valence-electron chi connectivity index (χ2n) is 3.98. The standard InChI is InChI=1S/C11H12BrClN2O2S/c1-3-11(2,7-14)15-18(16,17)8-4-5-10(13)9(12)6-8/h4-6,15H,3H2,1-2H3. The first-order chi connectivity index (χ1) is 8.24. The van der Waals surface area contributed by atoms with Gasteiger partial charge in [-0.15, -0.1) is 0 Å². The van der Waals surface area contributed by atoms with Crippen LogP contribution in [0.3, 0.4) is 0 Å². The number of nitrogens with zero attached hydrogens (tertiary/aromatic N) is 1. The molecule has 0 radical (unpaired) electrons. The van der Waals surface area contributed by atoms with E-state index in [1.165, 1.54) is 25.1 Å². The van der Waals surface area contributed by atoms with E-state index in [0.717, 1.165) is 0 Å². The fourth-order valence-corrected chi connectivity index (χ4v) is 3.24. The molecule has 0 amide bonds. The van der Waals surface area contributed by atoms with Crippen molar-refractivity contribution in [3.63, 3.8) is 0 Å². The second kappa shape index (κ2) is 5.57. The van der Waals surface area contributed by atoms with Gasteiger partial charge in [-0.2, -0.15) is 9.98 Å². The number of hydrogen-bond acceptors (Lipinski definition) is 3. The SMILES string of the molecule is CCC(C)(C#N)NS(=O)(=O)c1ccc(Cl)c(Br)c1. The van der Waals surface area contributed by atoms with Crippen molar-refractivity contribution in [1.82, 2.24) is 4.72 Å². The van der Waals surface area contributed by atoms with Crippen molar-refractivity contribution in [3.8, 4) is 6.07 Å². The lowest BCUT2D eigenvalue weighted by molar-refractivity contribution is 0.495. The first-order valence-corrected chi connectivity index (χ1v) is 7.80. The van der Waals surface area contributed by atoms with Crippen molar-refractivity contribution >= 4 is 37.6 Å². The van der Waals surface area contributed by atoms with Gasteiger partial charge in [0.05, 0.1) is 16.0 Å². The fourth-order valence-electron chi connectivity index (χ4n) is 1.17. The molecule has 0 aromatic heterocycles. The average molecular weight is 352 g/mol. The second-order valence-corrected chi connectivity index (χ2v) is 6.92. The van der Waals surface area contributed by atoms with E-state index in [0.29, 0.717) is 15.9 Å². The Morgan fingerprint density at radius 1 is 1.56 bits per heavy atom. The Hall–Kier alpha value is -0.610. The highest BCUT2D eigenvalue weighted by Gasteiger charge is 2.29. The monoisotopic (exact) mass is 350 g/mol. The number of sulfonamides is 1. The highest BCUT2D eigenvalue weighted by molar-refractivity contribution is 9.10. The number of nitrogens with one attached hydrogen (secondary N) is 1. The van der Waals surface area contributed by atoms with Crippen molar-refractivity contribution < 1.29 is 8.42 Å². The van der Waals surface area contributed by atoms with Crippen LogP contribution in [-0.4, -0.2) is 14.0 Å². The van der Waals surface area contributed by atoms with Gasteiger partial charge >= 0.3 is 0 Å². The summed E-state index contributed by atoms with van der Waals surface area (Å²) in [5, 5.41) is 9.41. The zero-order valence-electron chi connectivity index (χ0n) is 9.87. The molecule has 18 heavy (non-hydrogen) atoms. The van der Waals surface area contributed by atoms with Gasteiger partial charge in [0, 0.05) is 4.47 Å². The van der Waals surface area contributed by atoms with Crippen LogP contribution in [0.25, 0.3) is 0 Å². The molecule has 1 atom stereocenters. The molecule has 0 saturated heterocycles. The lowest BCUT2D eigenvalue weighted by atomic mass is 10.0. The number of nitriles is 1. The maximum absolute atomic E-state index is 12.1. The van der Waals surface area contributed by atoms with Crippen molar-refractivity contribution in [2.24, 2.45) is 0 Å². The molecule has 98 valence electrons. The molecule has 1 N–H and O–H groups in total. The highest BCUT2D eigenvalue weighted by Crippen LogP contribution is 2.26. The molecule has 0 bridgehead atoms. The zero-order valence-corrected chi connectivity index (χ0v) is 13.0. The van der Waals surface area contributed by atoms with Crippen LogP contribution in [0, 0.1) is 11.3 Å².